The second-order valence-electron chi connectivity index (χ2n) is 6.46. The zero-order valence-electron chi connectivity index (χ0n) is 15.5. The summed E-state index contributed by atoms with van der Waals surface area (Å²) in [6.45, 7) is 0.232. The highest BCUT2D eigenvalue weighted by Crippen LogP contribution is 2.24. The molecule has 4 rings (SSSR count). The zero-order chi connectivity index (χ0) is 21.1. The lowest BCUT2D eigenvalue weighted by Gasteiger charge is -2.09. The van der Waals surface area contributed by atoms with Crippen LogP contribution in [0.15, 0.2) is 65.3 Å². The van der Waals surface area contributed by atoms with Gasteiger partial charge in [0.2, 0.25) is 11.7 Å². The molecule has 0 atom stereocenters. The van der Waals surface area contributed by atoms with Crippen LogP contribution >= 0.6 is 23.2 Å². The molecule has 2 aromatic carbocycles. The number of nitrogens with one attached hydrogen (secondary N) is 1. The molecule has 4 aromatic rings. The van der Waals surface area contributed by atoms with Crippen LogP contribution in [0.5, 0.6) is 0 Å². The van der Waals surface area contributed by atoms with Gasteiger partial charge in [-0.3, -0.25) is 4.79 Å². The van der Waals surface area contributed by atoms with Crippen molar-refractivity contribution in [2.24, 2.45) is 0 Å². The molecular weight excluding hydrogens is 430 g/mol. The summed E-state index contributed by atoms with van der Waals surface area (Å²) < 4.78 is 20.2. The number of halogens is 3. The summed E-state index contributed by atoms with van der Waals surface area (Å²) in [5.74, 6) is 0.0408. The van der Waals surface area contributed by atoms with Gasteiger partial charge in [-0.05, 0) is 54.1 Å². The van der Waals surface area contributed by atoms with Gasteiger partial charge in [0.25, 0.3) is 5.89 Å². The number of rotatable bonds is 6. The number of hydrogen-bond donors (Lipinski definition) is 1. The molecule has 1 amide bonds. The van der Waals surface area contributed by atoms with Crippen LogP contribution in [0.3, 0.4) is 0 Å². The summed E-state index contributed by atoms with van der Waals surface area (Å²) in [5, 5.41) is 7.64. The molecule has 6 nitrogen and oxygen atoms in total. The average molecular weight is 445 g/mol. The Morgan fingerprint density at radius 3 is 2.70 bits per heavy atom. The number of hydrogen-bond acceptors (Lipinski definition) is 4. The zero-order valence-corrected chi connectivity index (χ0v) is 17.0. The van der Waals surface area contributed by atoms with E-state index in [0.717, 1.165) is 5.56 Å². The Morgan fingerprint density at radius 2 is 1.93 bits per heavy atom. The molecule has 0 radical (unpaired) electrons. The van der Waals surface area contributed by atoms with E-state index in [2.05, 4.69) is 15.5 Å². The van der Waals surface area contributed by atoms with Crippen molar-refractivity contribution in [3.63, 3.8) is 0 Å². The highest BCUT2D eigenvalue weighted by molar-refractivity contribution is 6.31. The lowest BCUT2D eigenvalue weighted by Crippen LogP contribution is -2.27. The molecule has 30 heavy (non-hydrogen) atoms. The van der Waals surface area contributed by atoms with Crippen LogP contribution in [0.2, 0.25) is 10.0 Å². The van der Waals surface area contributed by atoms with Gasteiger partial charge in [0.1, 0.15) is 18.1 Å². The van der Waals surface area contributed by atoms with Crippen molar-refractivity contribution >= 4 is 29.1 Å². The van der Waals surface area contributed by atoms with E-state index < -0.39 is 5.82 Å². The van der Waals surface area contributed by atoms with Crippen molar-refractivity contribution in [3.8, 4) is 23.0 Å². The summed E-state index contributed by atoms with van der Waals surface area (Å²) in [7, 11) is 0. The quantitative estimate of drug-likeness (QED) is 0.455. The van der Waals surface area contributed by atoms with E-state index in [1.54, 1.807) is 47.2 Å². The number of amides is 1. The number of carbonyl (C=O) groups is 1. The molecule has 0 aliphatic rings. The van der Waals surface area contributed by atoms with E-state index >= 15 is 0 Å². The number of aromatic nitrogens is 3. The van der Waals surface area contributed by atoms with Gasteiger partial charge in [0.05, 0.1) is 0 Å². The maximum absolute atomic E-state index is 13.1. The molecule has 2 aromatic heterocycles. The fourth-order valence-electron chi connectivity index (χ4n) is 2.86. The third-order valence-electron chi connectivity index (χ3n) is 4.38. The first-order chi connectivity index (χ1) is 14.5. The van der Waals surface area contributed by atoms with Crippen molar-refractivity contribution in [3.05, 3.63) is 82.2 Å². The fourth-order valence-corrected chi connectivity index (χ4v) is 3.22. The van der Waals surface area contributed by atoms with Crippen molar-refractivity contribution in [1.82, 2.24) is 20.0 Å². The first-order valence-corrected chi connectivity index (χ1v) is 9.71. The predicted octanol–water partition coefficient (Wildman–Crippen LogP) is 4.97. The van der Waals surface area contributed by atoms with Gasteiger partial charge in [-0.2, -0.15) is 4.98 Å². The molecule has 0 bridgehead atoms. The van der Waals surface area contributed by atoms with E-state index in [9.17, 15) is 9.18 Å². The van der Waals surface area contributed by atoms with Crippen LogP contribution < -0.4 is 5.32 Å². The molecule has 0 unspecified atom stereocenters. The lowest BCUT2D eigenvalue weighted by molar-refractivity contribution is -0.121. The standard InChI is InChI=1S/C21H15Cl2FN4O2/c22-15-6-3-13(4-7-15)20-26-21(30-27-20)18-2-1-9-28(18)12-19(29)25-11-14-5-8-16(24)10-17(14)23/h1-10H,11-12H2,(H,25,29). The largest absolute Gasteiger partial charge is 0.350 e. The Balaban J connectivity index is 1.44. The molecule has 2 heterocycles. The Morgan fingerprint density at radius 1 is 1.13 bits per heavy atom. The average Bonchev–Trinajstić information content (AvgIpc) is 3.37. The van der Waals surface area contributed by atoms with Crippen molar-refractivity contribution in [2.75, 3.05) is 0 Å². The van der Waals surface area contributed by atoms with Crippen molar-refractivity contribution in [2.45, 2.75) is 13.1 Å². The molecule has 0 aliphatic carbocycles. The molecule has 0 saturated carbocycles. The molecule has 0 spiro atoms. The minimum atomic E-state index is -0.426. The Labute approximate surface area is 181 Å². The van der Waals surface area contributed by atoms with Crippen LogP contribution in [0.4, 0.5) is 4.39 Å². The summed E-state index contributed by atoms with van der Waals surface area (Å²) in [6, 6.07) is 14.7. The molecule has 0 aliphatic heterocycles. The highest BCUT2D eigenvalue weighted by Gasteiger charge is 2.15. The maximum atomic E-state index is 13.1. The summed E-state index contributed by atoms with van der Waals surface area (Å²) in [4.78, 5) is 16.8. The van der Waals surface area contributed by atoms with E-state index in [4.69, 9.17) is 27.7 Å². The minimum absolute atomic E-state index is 0.0415. The highest BCUT2D eigenvalue weighted by atomic mass is 35.5. The molecule has 152 valence electrons. The number of benzene rings is 2. The Hall–Kier alpha value is -3.16. The second kappa shape index (κ2) is 8.69. The summed E-state index contributed by atoms with van der Waals surface area (Å²) in [6.07, 6.45) is 1.74. The van der Waals surface area contributed by atoms with Gasteiger partial charge in [-0.25, -0.2) is 4.39 Å². The van der Waals surface area contributed by atoms with E-state index in [-0.39, 0.29) is 24.0 Å². The first kappa shape index (κ1) is 20.1. The summed E-state index contributed by atoms with van der Waals surface area (Å²) >= 11 is 11.9. The van der Waals surface area contributed by atoms with Gasteiger partial charge in [0.15, 0.2) is 0 Å². The lowest BCUT2D eigenvalue weighted by atomic mass is 10.2. The predicted molar refractivity (Wildman–Crippen MR) is 111 cm³/mol. The van der Waals surface area contributed by atoms with Gasteiger partial charge in [-0.15, -0.1) is 0 Å². The van der Waals surface area contributed by atoms with Gasteiger partial charge in [0, 0.05) is 28.4 Å². The third kappa shape index (κ3) is 4.53. The second-order valence-corrected chi connectivity index (χ2v) is 7.31. The topological polar surface area (TPSA) is 73.0 Å². The maximum Gasteiger partial charge on any atom is 0.274 e. The van der Waals surface area contributed by atoms with Crippen molar-refractivity contribution < 1.29 is 13.7 Å². The van der Waals surface area contributed by atoms with Gasteiger partial charge in [-0.1, -0.05) is 34.4 Å². The number of carbonyl (C=O) groups excluding carboxylic acids is 1. The van der Waals surface area contributed by atoms with Crippen molar-refractivity contribution in [1.29, 1.82) is 0 Å². The monoisotopic (exact) mass is 444 g/mol. The number of nitrogens with zero attached hydrogens (tertiary/aromatic N) is 3. The van der Waals surface area contributed by atoms with Gasteiger partial charge < -0.3 is 14.4 Å². The molecule has 0 saturated heterocycles. The van der Waals surface area contributed by atoms with E-state index in [1.807, 2.05) is 0 Å². The van der Waals surface area contributed by atoms with Crippen LogP contribution in [0.25, 0.3) is 23.0 Å². The smallest absolute Gasteiger partial charge is 0.274 e. The Bertz CT molecular complexity index is 1190. The van der Waals surface area contributed by atoms with Crippen LogP contribution in [-0.2, 0) is 17.9 Å². The van der Waals surface area contributed by atoms with Crippen LogP contribution in [0, 0.1) is 5.82 Å². The molecule has 1 N–H and O–H groups in total. The molecular formula is C21H15Cl2FN4O2. The SMILES string of the molecule is O=C(Cn1cccc1-c1nc(-c2ccc(Cl)cc2)no1)NCc1ccc(F)cc1Cl. The first-order valence-electron chi connectivity index (χ1n) is 8.95. The van der Waals surface area contributed by atoms with Gasteiger partial charge >= 0.3 is 0 Å². The molecule has 9 heteroatoms. The van der Waals surface area contributed by atoms with E-state index in [1.165, 1.54) is 18.2 Å². The van der Waals surface area contributed by atoms with Crippen LogP contribution in [0.1, 0.15) is 5.56 Å². The minimum Gasteiger partial charge on any atom is -0.350 e. The third-order valence-corrected chi connectivity index (χ3v) is 4.99. The normalized spacial score (nSPS) is 10.9. The Kier molecular flexibility index (Phi) is 5.83. The fraction of sp³-hybridized carbons (Fsp3) is 0.0952. The van der Waals surface area contributed by atoms with E-state index in [0.29, 0.717) is 28.0 Å². The summed E-state index contributed by atoms with van der Waals surface area (Å²) in [5.41, 5.74) is 2.00. The van der Waals surface area contributed by atoms with Crippen LogP contribution in [-0.4, -0.2) is 20.6 Å². The molecule has 0 fully saturated rings.